The molecule has 4 nitrogen and oxygen atoms in total. The minimum absolute atomic E-state index is 0.0186. The molecule has 1 aromatic carbocycles. The van der Waals surface area contributed by atoms with Gasteiger partial charge in [-0.15, -0.1) is 11.8 Å². The van der Waals surface area contributed by atoms with Gasteiger partial charge in [0.05, 0.1) is 17.4 Å². The van der Waals surface area contributed by atoms with Crippen LogP contribution >= 0.6 is 11.8 Å². The number of carboxylic acid groups (broad SMARTS) is 1. The van der Waals surface area contributed by atoms with Crippen molar-refractivity contribution in [1.29, 1.82) is 0 Å². The molecule has 0 radical (unpaired) electrons. The highest BCUT2D eigenvalue weighted by Crippen LogP contribution is 2.38. The Hall–Kier alpha value is -1.49. The van der Waals surface area contributed by atoms with E-state index in [0.717, 1.165) is 10.6 Å². The highest BCUT2D eigenvalue weighted by atomic mass is 32.2. The zero-order valence-corrected chi connectivity index (χ0v) is 10.2. The Balaban J connectivity index is 2.28. The molecule has 1 aromatic rings. The minimum atomic E-state index is -0.888. The fourth-order valence-corrected chi connectivity index (χ4v) is 2.86. The predicted molar refractivity (Wildman–Crippen MR) is 66.4 cm³/mol. The van der Waals surface area contributed by atoms with Crippen molar-refractivity contribution in [1.82, 2.24) is 0 Å². The lowest BCUT2D eigenvalue weighted by molar-refractivity contribution is -0.136. The van der Waals surface area contributed by atoms with Crippen LogP contribution in [0, 0.1) is 0 Å². The lowest BCUT2D eigenvalue weighted by Crippen LogP contribution is -2.40. The van der Waals surface area contributed by atoms with E-state index in [4.69, 9.17) is 5.11 Å². The number of thioether (sulfide) groups is 1. The largest absolute Gasteiger partial charge is 0.481 e. The molecule has 0 aliphatic carbocycles. The maximum absolute atomic E-state index is 12.0. The van der Waals surface area contributed by atoms with Crippen LogP contribution in [0.2, 0.25) is 0 Å². The molecule has 1 unspecified atom stereocenters. The highest BCUT2D eigenvalue weighted by Gasteiger charge is 2.30. The third-order valence-electron chi connectivity index (χ3n) is 2.62. The Morgan fingerprint density at radius 3 is 2.88 bits per heavy atom. The molecule has 5 heteroatoms. The van der Waals surface area contributed by atoms with Crippen molar-refractivity contribution < 1.29 is 14.7 Å². The number of benzene rings is 1. The number of fused-ring (bicyclic) bond motifs is 1. The lowest BCUT2D eigenvalue weighted by Gasteiger charge is -2.31. The van der Waals surface area contributed by atoms with Crippen LogP contribution in [0.1, 0.15) is 13.3 Å². The second-order valence-corrected chi connectivity index (χ2v) is 5.24. The van der Waals surface area contributed by atoms with Gasteiger partial charge in [-0.1, -0.05) is 12.1 Å². The molecule has 0 saturated carbocycles. The fourth-order valence-electron chi connectivity index (χ4n) is 1.80. The van der Waals surface area contributed by atoms with Crippen molar-refractivity contribution in [3.05, 3.63) is 24.3 Å². The van der Waals surface area contributed by atoms with Crippen LogP contribution in [0.3, 0.4) is 0 Å². The molecule has 1 atom stereocenters. The molecule has 1 heterocycles. The van der Waals surface area contributed by atoms with E-state index >= 15 is 0 Å². The Kier molecular flexibility index (Phi) is 3.38. The van der Waals surface area contributed by atoms with E-state index in [0.29, 0.717) is 0 Å². The number of anilines is 1. The van der Waals surface area contributed by atoms with E-state index in [9.17, 15) is 9.59 Å². The normalized spacial score (nSPS) is 19.0. The molecule has 90 valence electrons. The fraction of sp³-hybridized carbons (Fsp3) is 0.333. The zero-order chi connectivity index (χ0) is 12.4. The molecule has 0 spiro atoms. The first-order valence-electron chi connectivity index (χ1n) is 5.38. The second-order valence-electron chi connectivity index (χ2n) is 3.86. The Morgan fingerprint density at radius 1 is 1.47 bits per heavy atom. The third kappa shape index (κ3) is 2.44. The van der Waals surface area contributed by atoms with Crippen LogP contribution in [0.25, 0.3) is 0 Å². The van der Waals surface area contributed by atoms with Crippen molar-refractivity contribution in [3.8, 4) is 0 Å². The van der Waals surface area contributed by atoms with Crippen LogP contribution in [-0.2, 0) is 9.59 Å². The number of rotatable bonds is 3. The predicted octanol–water partition coefficient (Wildman–Crippen LogP) is 1.99. The van der Waals surface area contributed by atoms with Gasteiger partial charge in [-0.25, -0.2) is 0 Å². The van der Waals surface area contributed by atoms with Crippen molar-refractivity contribution in [2.75, 3.05) is 11.4 Å². The number of amides is 1. The summed E-state index contributed by atoms with van der Waals surface area (Å²) >= 11 is 1.52. The second kappa shape index (κ2) is 4.79. The monoisotopic (exact) mass is 251 g/mol. The maximum Gasteiger partial charge on any atom is 0.305 e. The first-order valence-corrected chi connectivity index (χ1v) is 6.26. The van der Waals surface area contributed by atoms with Crippen molar-refractivity contribution in [2.45, 2.75) is 23.5 Å². The molecule has 0 bridgehead atoms. The first kappa shape index (κ1) is 12.0. The molecule has 0 aromatic heterocycles. The SMILES string of the molecule is CC1Sc2ccccc2N(CCC(=O)O)C1=O. The maximum atomic E-state index is 12.0. The molecule has 1 N–H and O–H groups in total. The molecule has 0 saturated heterocycles. The van der Waals surface area contributed by atoms with Crippen LogP contribution in [0.15, 0.2) is 29.2 Å². The van der Waals surface area contributed by atoms with Crippen LogP contribution in [0.5, 0.6) is 0 Å². The number of hydrogen-bond donors (Lipinski definition) is 1. The molecule has 1 aliphatic rings. The van der Waals surface area contributed by atoms with Gasteiger partial charge in [0.15, 0.2) is 0 Å². The van der Waals surface area contributed by atoms with Gasteiger partial charge < -0.3 is 10.0 Å². The summed E-state index contributed by atoms with van der Waals surface area (Å²) in [5.41, 5.74) is 0.821. The number of nitrogens with zero attached hydrogens (tertiary/aromatic N) is 1. The van der Waals surface area contributed by atoms with E-state index in [1.807, 2.05) is 31.2 Å². The van der Waals surface area contributed by atoms with E-state index < -0.39 is 5.97 Å². The number of carbonyl (C=O) groups excluding carboxylic acids is 1. The average Bonchev–Trinajstić information content (AvgIpc) is 2.29. The molecule has 1 amide bonds. The molecule has 0 fully saturated rings. The standard InChI is InChI=1S/C12H13NO3S/c1-8-12(16)13(7-6-11(14)15)9-4-2-3-5-10(9)17-8/h2-5,8H,6-7H2,1H3,(H,14,15). The van der Waals surface area contributed by atoms with Gasteiger partial charge in [-0.05, 0) is 19.1 Å². The van der Waals surface area contributed by atoms with Crippen LogP contribution in [-0.4, -0.2) is 28.8 Å². The van der Waals surface area contributed by atoms with Gasteiger partial charge in [-0.3, -0.25) is 9.59 Å². The highest BCUT2D eigenvalue weighted by molar-refractivity contribution is 8.00. The topological polar surface area (TPSA) is 57.6 Å². The quantitative estimate of drug-likeness (QED) is 0.892. The van der Waals surface area contributed by atoms with E-state index in [-0.39, 0.29) is 24.1 Å². The summed E-state index contributed by atoms with van der Waals surface area (Å²) in [6.45, 7) is 2.08. The van der Waals surface area contributed by atoms with E-state index in [1.165, 1.54) is 11.8 Å². The molecular weight excluding hydrogens is 238 g/mol. The lowest BCUT2D eigenvalue weighted by atomic mass is 10.2. The van der Waals surface area contributed by atoms with Gasteiger partial charge in [0.2, 0.25) is 5.91 Å². The summed E-state index contributed by atoms with van der Waals surface area (Å²) in [6.07, 6.45) is -0.0303. The summed E-state index contributed by atoms with van der Waals surface area (Å²) in [6, 6.07) is 7.59. The van der Waals surface area contributed by atoms with Crippen molar-refractivity contribution in [2.24, 2.45) is 0 Å². The molecular formula is C12H13NO3S. The Labute approximate surface area is 104 Å². The van der Waals surface area contributed by atoms with E-state index in [1.54, 1.807) is 4.90 Å². The van der Waals surface area contributed by atoms with Gasteiger partial charge in [0.25, 0.3) is 0 Å². The number of carboxylic acids is 1. The molecule has 2 rings (SSSR count). The summed E-state index contributed by atoms with van der Waals surface area (Å²) in [7, 11) is 0. The van der Waals surface area contributed by atoms with Gasteiger partial charge >= 0.3 is 5.97 Å². The summed E-state index contributed by atoms with van der Waals surface area (Å²) in [5.74, 6) is -0.906. The van der Waals surface area contributed by atoms with Crippen LogP contribution in [0.4, 0.5) is 5.69 Å². The van der Waals surface area contributed by atoms with Crippen LogP contribution < -0.4 is 4.90 Å². The van der Waals surface area contributed by atoms with Crippen molar-refractivity contribution in [3.63, 3.8) is 0 Å². The number of para-hydroxylation sites is 1. The smallest absolute Gasteiger partial charge is 0.305 e. The minimum Gasteiger partial charge on any atom is -0.481 e. The number of aliphatic carboxylic acids is 1. The first-order chi connectivity index (χ1) is 8.09. The zero-order valence-electron chi connectivity index (χ0n) is 9.42. The van der Waals surface area contributed by atoms with E-state index in [2.05, 4.69) is 0 Å². The van der Waals surface area contributed by atoms with Gasteiger partial charge in [-0.2, -0.15) is 0 Å². The third-order valence-corrected chi connectivity index (χ3v) is 3.78. The van der Waals surface area contributed by atoms with Gasteiger partial charge in [0, 0.05) is 11.4 Å². The Bertz CT molecular complexity index is 461. The number of carbonyl (C=O) groups is 2. The van der Waals surface area contributed by atoms with Crippen molar-refractivity contribution >= 4 is 29.3 Å². The number of hydrogen-bond acceptors (Lipinski definition) is 3. The summed E-state index contributed by atoms with van der Waals surface area (Å²) in [5, 5.41) is 8.55. The summed E-state index contributed by atoms with van der Waals surface area (Å²) in [4.78, 5) is 25.2. The average molecular weight is 251 g/mol. The molecule has 1 aliphatic heterocycles. The summed E-state index contributed by atoms with van der Waals surface area (Å²) < 4.78 is 0. The molecule has 17 heavy (non-hydrogen) atoms. The Morgan fingerprint density at radius 2 is 2.18 bits per heavy atom. The van der Waals surface area contributed by atoms with Gasteiger partial charge in [0.1, 0.15) is 0 Å².